The maximum Gasteiger partial charge on any atom is 0.224 e. The van der Waals surface area contributed by atoms with Crippen LogP contribution < -0.4 is 11.1 Å². The highest BCUT2D eigenvalue weighted by Crippen LogP contribution is 2.12. The Morgan fingerprint density at radius 3 is 2.94 bits per heavy atom. The Hall–Kier alpha value is -1.62. The van der Waals surface area contributed by atoms with Crippen molar-refractivity contribution in [1.82, 2.24) is 9.97 Å². The smallest absolute Gasteiger partial charge is 0.224 e. The van der Waals surface area contributed by atoms with Crippen molar-refractivity contribution in [2.24, 2.45) is 0 Å². The number of hydrogen-bond acceptors (Lipinski definition) is 4. The standard InChI is InChI=1S/C11H11BrN4/c12-9-3-1-2-8(6-9)7-15-11-14-5-4-10(13)16-11/h1-6H,7H2,(H3,13,14,15,16). The van der Waals surface area contributed by atoms with E-state index in [1.807, 2.05) is 24.3 Å². The summed E-state index contributed by atoms with van der Waals surface area (Å²) in [6, 6.07) is 9.70. The van der Waals surface area contributed by atoms with Gasteiger partial charge in [0.05, 0.1) is 0 Å². The molecule has 16 heavy (non-hydrogen) atoms. The van der Waals surface area contributed by atoms with Crippen LogP contribution in [0.4, 0.5) is 11.8 Å². The van der Waals surface area contributed by atoms with Crippen LogP contribution in [0.25, 0.3) is 0 Å². The summed E-state index contributed by atoms with van der Waals surface area (Å²) >= 11 is 3.42. The predicted octanol–water partition coefficient (Wildman–Crippen LogP) is 2.43. The minimum absolute atomic E-state index is 0.465. The van der Waals surface area contributed by atoms with Gasteiger partial charge in [0.1, 0.15) is 5.82 Å². The number of rotatable bonds is 3. The van der Waals surface area contributed by atoms with Crippen molar-refractivity contribution in [3.05, 3.63) is 46.6 Å². The van der Waals surface area contributed by atoms with Gasteiger partial charge in [-0.05, 0) is 23.8 Å². The molecule has 0 aliphatic rings. The molecule has 1 heterocycles. The number of benzene rings is 1. The first kappa shape index (κ1) is 10.9. The summed E-state index contributed by atoms with van der Waals surface area (Å²) in [6.45, 7) is 0.670. The lowest BCUT2D eigenvalue weighted by molar-refractivity contribution is 1.06. The Balaban J connectivity index is 2.02. The number of nitrogen functional groups attached to an aromatic ring is 1. The molecule has 0 bridgehead atoms. The summed E-state index contributed by atoms with van der Waals surface area (Å²) in [5.74, 6) is 1.01. The van der Waals surface area contributed by atoms with E-state index in [1.165, 1.54) is 0 Å². The Morgan fingerprint density at radius 2 is 2.19 bits per heavy atom. The Bertz CT molecular complexity index is 441. The van der Waals surface area contributed by atoms with Gasteiger partial charge in [-0.25, -0.2) is 4.98 Å². The molecule has 2 rings (SSSR count). The third-order valence-electron chi connectivity index (χ3n) is 2.02. The van der Waals surface area contributed by atoms with Crippen molar-refractivity contribution >= 4 is 27.7 Å². The number of nitrogens with two attached hydrogens (primary N) is 1. The Kier molecular flexibility index (Phi) is 3.36. The monoisotopic (exact) mass is 278 g/mol. The van der Waals surface area contributed by atoms with Gasteiger partial charge in [-0.2, -0.15) is 4.98 Å². The second-order valence-electron chi connectivity index (χ2n) is 3.29. The maximum absolute atomic E-state index is 5.55. The van der Waals surface area contributed by atoms with Crippen LogP contribution in [0.3, 0.4) is 0 Å². The number of aromatic nitrogens is 2. The van der Waals surface area contributed by atoms with E-state index in [2.05, 4.69) is 31.2 Å². The Morgan fingerprint density at radius 1 is 1.31 bits per heavy atom. The van der Waals surface area contributed by atoms with Crippen LogP contribution in [0, 0.1) is 0 Å². The van der Waals surface area contributed by atoms with Gasteiger partial charge in [0.2, 0.25) is 5.95 Å². The third kappa shape index (κ3) is 2.93. The van der Waals surface area contributed by atoms with Crippen molar-refractivity contribution in [3.8, 4) is 0 Å². The first-order valence-electron chi connectivity index (χ1n) is 4.81. The molecule has 5 heteroatoms. The minimum Gasteiger partial charge on any atom is -0.384 e. The van der Waals surface area contributed by atoms with Crippen molar-refractivity contribution in [3.63, 3.8) is 0 Å². The summed E-state index contributed by atoms with van der Waals surface area (Å²) in [5.41, 5.74) is 6.71. The molecule has 0 unspecified atom stereocenters. The van der Waals surface area contributed by atoms with Crippen molar-refractivity contribution in [2.75, 3.05) is 11.1 Å². The first-order valence-corrected chi connectivity index (χ1v) is 5.60. The molecule has 1 aromatic heterocycles. The molecule has 3 N–H and O–H groups in total. The van der Waals surface area contributed by atoms with E-state index >= 15 is 0 Å². The molecule has 1 aromatic carbocycles. The topological polar surface area (TPSA) is 63.8 Å². The quantitative estimate of drug-likeness (QED) is 0.905. The zero-order valence-corrected chi connectivity index (χ0v) is 10.1. The number of halogens is 1. The molecule has 0 spiro atoms. The normalized spacial score (nSPS) is 10.1. The average molecular weight is 279 g/mol. The summed E-state index contributed by atoms with van der Waals surface area (Å²) in [7, 11) is 0. The second kappa shape index (κ2) is 4.94. The highest BCUT2D eigenvalue weighted by molar-refractivity contribution is 9.10. The molecule has 0 fully saturated rings. The van der Waals surface area contributed by atoms with Gasteiger partial charge < -0.3 is 11.1 Å². The van der Waals surface area contributed by atoms with Gasteiger partial charge in [0, 0.05) is 17.2 Å². The van der Waals surface area contributed by atoms with Crippen molar-refractivity contribution < 1.29 is 0 Å². The average Bonchev–Trinajstić information content (AvgIpc) is 2.27. The molecule has 82 valence electrons. The lowest BCUT2D eigenvalue weighted by Crippen LogP contribution is -2.04. The van der Waals surface area contributed by atoms with Crippen LogP contribution in [-0.4, -0.2) is 9.97 Å². The summed E-state index contributed by atoms with van der Waals surface area (Å²) < 4.78 is 1.06. The molecule has 0 aliphatic carbocycles. The van der Waals surface area contributed by atoms with E-state index in [1.54, 1.807) is 12.3 Å². The number of nitrogens with zero attached hydrogens (tertiary/aromatic N) is 2. The van der Waals surface area contributed by atoms with E-state index in [9.17, 15) is 0 Å². The van der Waals surface area contributed by atoms with Gasteiger partial charge in [-0.15, -0.1) is 0 Å². The highest BCUT2D eigenvalue weighted by atomic mass is 79.9. The summed E-state index contributed by atoms with van der Waals surface area (Å²) in [6.07, 6.45) is 1.63. The molecular weight excluding hydrogens is 268 g/mol. The summed E-state index contributed by atoms with van der Waals surface area (Å²) in [4.78, 5) is 8.12. The van der Waals surface area contributed by atoms with Crippen LogP contribution in [0.15, 0.2) is 41.0 Å². The summed E-state index contributed by atoms with van der Waals surface area (Å²) in [5, 5.41) is 3.11. The number of nitrogens with one attached hydrogen (secondary N) is 1. The highest BCUT2D eigenvalue weighted by Gasteiger charge is 1.97. The van der Waals surface area contributed by atoms with E-state index in [0.29, 0.717) is 18.3 Å². The first-order chi connectivity index (χ1) is 7.74. The van der Waals surface area contributed by atoms with Crippen LogP contribution in [-0.2, 0) is 6.54 Å². The third-order valence-corrected chi connectivity index (χ3v) is 2.51. The lowest BCUT2D eigenvalue weighted by atomic mass is 10.2. The maximum atomic E-state index is 5.55. The predicted molar refractivity (Wildman–Crippen MR) is 67.9 cm³/mol. The van der Waals surface area contributed by atoms with E-state index in [0.717, 1.165) is 10.0 Å². The SMILES string of the molecule is Nc1ccnc(NCc2cccc(Br)c2)n1. The number of anilines is 2. The molecule has 0 atom stereocenters. The van der Waals surface area contributed by atoms with Crippen LogP contribution >= 0.6 is 15.9 Å². The van der Waals surface area contributed by atoms with E-state index in [-0.39, 0.29) is 0 Å². The van der Waals surface area contributed by atoms with Crippen LogP contribution in [0.2, 0.25) is 0 Å². The van der Waals surface area contributed by atoms with E-state index in [4.69, 9.17) is 5.73 Å². The number of hydrogen-bond donors (Lipinski definition) is 2. The van der Waals surface area contributed by atoms with Gasteiger partial charge in [0.15, 0.2) is 0 Å². The van der Waals surface area contributed by atoms with Crippen molar-refractivity contribution in [2.45, 2.75) is 6.54 Å². The van der Waals surface area contributed by atoms with Gasteiger partial charge in [0.25, 0.3) is 0 Å². The van der Waals surface area contributed by atoms with Gasteiger partial charge in [-0.3, -0.25) is 0 Å². The van der Waals surface area contributed by atoms with Gasteiger partial charge in [-0.1, -0.05) is 28.1 Å². The van der Waals surface area contributed by atoms with Crippen LogP contribution in [0.5, 0.6) is 0 Å². The largest absolute Gasteiger partial charge is 0.384 e. The molecule has 4 nitrogen and oxygen atoms in total. The van der Waals surface area contributed by atoms with Crippen LogP contribution in [0.1, 0.15) is 5.56 Å². The molecule has 2 aromatic rings. The molecule has 0 saturated carbocycles. The van der Waals surface area contributed by atoms with Crippen molar-refractivity contribution in [1.29, 1.82) is 0 Å². The molecular formula is C11H11BrN4. The van der Waals surface area contributed by atoms with E-state index < -0.39 is 0 Å². The lowest BCUT2D eigenvalue weighted by Gasteiger charge is -2.05. The zero-order valence-electron chi connectivity index (χ0n) is 8.52. The minimum atomic E-state index is 0.465. The molecule has 0 aliphatic heterocycles. The molecule has 0 saturated heterocycles. The molecule has 0 amide bonds. The second-order valence-corrected chi connectivity index (χ2v) is 4.20. The fraction of sp³-hybridized carbons (Fsp3) is 0.0909. The molecule has 0 radical (unpaired) electrons. The fourth-order valence-electron chi connectivity index (χ4n) is 1.29. The fourth-order valence-corrected chi connectivity index (χ4v) is 1.73. The zero-order chi connectivity index (χ0) is 11.4. The Labute approximate surface area is 102 Å². The van der Waals surface area contributed by atoms with Gasteiger partial charge >= 0.3 is 0 Å².